The molecule has 0 bridgehead atoms. The summed E-state index contributed by atoms with van der Waals surface area (Å²) in [6.07, 6.45) is 2.54. The largest absolute Gasteiger partial charge is 0.368 e. The summed E-state index contributed by atoms with van der Waals surface area (Å²) in [6.45, 7) is 3.43. The van der Waals surface area contributed by atoms with Crippen molar-refractivity contribution in [3.8, 4) is 0 Å². The van der Waals surface area contributed by atoms with Gasteiger partial charge in [0.05, 0.1) is 17.1 Å². The Kier molecular flexibility index (Phi) is 3.13. The van der Waals surface area contributed by atoms with Gasteiger partial charge in [-0.3, -0.25) is 4.98 Å². The number of rotatable bonds is 2. The van der Waals surface area contributed by atoms with Crippen LogP contribution in [0.5, 0.6) is 0 Å². The molecule has 0 N–H and O–H groups in total. The van der Waals surface area contributed by atoms with Crippen LogP contribution >= 0.6 is 11.6 Å². The van der Waals surface area contributed by atoms with Gasteiger partial charge in [0.1, 0.15) is 0 Å². The zero-order chi connectivity index (χ0) is 12.5. The van der Waals surface area contributed by atoms with E-state index in [2.05, 4.69) is 41.1 Å². The van der Waals surface area contributed by atoms with Crippen molar-refractivity contribution >= 4 is 28.2 Å². The van der Waals surface area contributed by atoms with Gasteiger partial charge in [0, 0.05) is 23.7 Å². The second-order valence-corrected chi connectivity index (χ2v) is 5.24. The molecule has 1 fully saturated rings. The number of anilines is 1. The molecule has 94 valence electrons. The summed E-state index contributed by atoms with van der Waals surface area (Å²) in [4.78, 5) is 7.08. The van der Waals surface area contributed by atoms with Gasteiger partial charge < -0.3 is 4.90 Å². The highest BCUT2D eigenvalue weighted by molar-refractivity contribution is 6.17. The molecule has 1 unspecified atom stereocenters. The van der Waals surface area contributed by atoms with Crippen LogP contribution in [0.25, 0.3) is 10.9 Å². The highest BCUT2D eigenvalue weighted by atomic mass is 35.5. The summed E-state index contributed by atoms with van der Waals surface area (Å²) in [5, 5.41) is 1.24. The fourth-order valence-corrected chi connectivity index (χ4v) is 2.94. The van der Waals surface area contributed by atoms with Crippen molar-refractivity contribution in [3.05, 3.63) is 36.0 Å². The third kappa shape index (κ3) is 1.95. The monoisotopic (exact) mass is 260 g/mol. The van der Waals surface area contributed by atoms with Crippen molar-refractivity contribution in [1.82, 2.24) is 4.98 Å². The third-order valence-electron chi connectivity index (χ3n) is 3.75. The van der Waals surface area contributed by atoms with Gasteiger partial charge in [-0.25, -0.2) is 0 Å². The van der Waals surface area contributed by atoms with Crippen molar-refractivity contribution in [2.24, 2.45) is 0 Å². The van der Waals surface area contributed by atoms with Crippen molar-refractivity contribution in [1.29, 1.82) is 0 Å². The number of aromatic nitrogens is 1. The molecule has 2 aromatic rings. The molecule has 2 nitrogen and oxygen atoms in total. The van der Waals surface area contributed by atoms with E-state index in [1.54, 1.807) is 0 Å². The topological polar surface area (TPSA) is 16.1 Å². The summed E-state index contributed by atoms with van der Waals surface area (Å²) >= 11 is 5.96. The molecule has 2 heterocycles. The van der Waals surface area contributed by atoms with E-state index in [1.807, 2.05) is 6.07 Å². The van der Waals surface area contributed by atoms with Crippen LogP contribution in [0.4, 0.5) is 5.69 Å². The lowest BCUT2D eigenvalue weighted by Crippen LogP contribution is -2.26. The maximum atomic E-state index is 5.96. The molecule has 1 aromatic carbocycles. The van der Waals surface area contributed by atoms with Gasteiger partial charge in [-0.1, -0.05) is 18.2 Å². The highest BCUT2D eigenvalue weighted by Gasteiger charge is 2.22. The van der Waals surface area contributed by atoms with E-state index in [1.165, 1.54) is 23.9 Å². The van der Waals surface area contributed by atoms with E-state index in [-0.39, 0.29) is 0 Å². The molecule has 0 aliphatic carbocycles. The minimum Gasteiger partial charge on any atom is -0.368 e. The number of hydrogen-bond acceptors (Lipinski definition) is 2. The second kappa shape index (κ2) is 4.77. The summed E-state index contributed by atoms with van der Waals surface area (Å²) in [6, 6.07) is 11.1. The van der Waals surface area contributed by atoms with Crippen LogP contribution in [0.1, 0.15) is 25.5 Å². The summed E-state index contributed by atoms with van der Waals surface area (Å²) in [7, 11) is 0. The Labute approximate surface area is 113 Å². The Morgan fingerprint density at radius 3 is 2.94 bits per heavy atom. The van der Waals surface area contributed by atoms with Crippen LogP contribution in [-0.4, -0.2) is 17.6 Å². The molecular weight excluding hydrogens is 244 g/mol. The first-order valence-corrected chi connectivity index (χ1v) is 7.04. The fraction of sp³-hybridized carbons (Fsp3) is 0.400. The highest BCUT2D eigenvalue weighted by Crippen LogP contribution is 2.32. The van der Waals surface area contributed by atoms with Crippen LogP contribution in [0.15, 0.2) is 30.3 Å². The zero-order valence-electron chi connectivity index (χ0n) is 10.6. The number of halogens is 1. The molecule has 0 spiro atoms. The van der Waals surface area contributed by atoms with Crippen LogP contribution in [0.2, 0.25) is 0 Å². The second-order valence-electron chi connectivity index (χ2n) is 4.97. The maximum Gasteiger partial charge on any atom is 0.0726 e. The molecule has 0 saturated carbocycles. The lowest BCUT2D eigenvalue weighted by atomic mass is 10.1. The Morgan fingerprint density at radius 1 is 1.39 bits per heavy atom. The Morgan fingerprint density at radius 2 is 2.22 bits per heavy atom. The Balaban J connectivity index is 2.19. The number of nitrogens with zero attached hydrogens (tertiary/aromatic N) is 2. The number of para-hydroxylation sites is 1. The van der Waals surface area contributed by atoms with E-state index in [0.717, 1.165) is 17.8 Å². The predicted molar refractivity (Wildman–Crippen MR) is 77.3 cm³/mol. The number of hydrogen-bond donors (Lipinski definition) is 0. The molecule has 3 rings (SSSR count). The molecule has 1 aliphatic heterocycles. The molecule has 1 aliphatic rings. The summed E-state index contributed by atoms with van der Waals surface area (Å²) in [5.74, 6) is 0.472. The molecule has 0 amide bonds. The maximum absolute atomic E-state index is 5.96. The van der Waals surface area contributed by atoms with Crippen LogP contribution in [0, 0.1) is 0 Å². The van der Waals surface area contributed by atoms with Crippen LogP contribution < -0.4 is 4.90 Å². The van der Waals surface area contributed by atoms with Crippen molar-refractivity contribution in [3.63, 3.8) is 0 Å². The van der Waals surface area contributed by atoms with E-state index in [9.17, 15) is 0 Å². The molecule has 1 aromatic heterocycles. The van der Waals surface area contributed by atoms with Gasteiger partial charge in [0.2, 0.25) is 0 Å². The van der Waals surface area contributed by atoms with Gasteiger partial charge in [-0.2, -0.15) is 0 Å². The lowest BCUT2D eigenvalue weighted by Gasteiger charge is -2.25. The summed E-state index contributed by atoms with van der Waals surface area (Å²) in [5.41, 5.74) is 3.30. The number of pyridine rings is 1. The SMILES string of the molecule is CC1CCCN1c1cc(CCl)nc2ccccc12. The smallest absolute Gasteiger partial charge is 0.0726 e. The van der Waals surface area contributed by atoms with Gasteiger partial charge in [0.25, 0.3) is 0 Å². The minimum atomic E-state index is 0.472. The van der Waals surface area contributed by atoms with Crippen molar-refractivity contribution in [2.45, 2.75) is 31.7 Å². The zero-order valence-corrected chi connectivity index (χ0v) is 11.3. The van der Waals surface area contributed by atoms with E-state index < -0.39 is 0 Å². The first kappa shape index (κ1) is 11.8. The third-order valence-corrected chi connectivity index (χ3v) is 4.02. The summed E-state index contributed by atoms with van der Waals surface area (Å²) < 4.78 is 0. The quantitative estimate of drug-likeness (QED) is 0.760. The van der Waals surface area contributed by atoms with Gasteiger partial charge >= 0.3 is 0 Å². The van der Waals surface area contributed by atoms with Gasteiger partial charge in [-0.05, 0) is 31.9 Å². The van der Waals surface area contributed by atoms with E-state index in [4.69, 9.17) is 11.6 Å². The lowest BCUT2D eigenvalue weighted by molar-refractivity contribution is 0.736. The number of fused-ring (bicyclic) bond motifs is 1. The standard InChI is InChI=1S/C15H17ClN2/c1-11-5-4-8-18(11)15-9-12(10-16)17-14-7-3-2-6-13(14)15/h2-3,6-7,9,11H,4-5,8,10H2,1H3. The molecule has 0 radical (unpaired) electrons. The van der Waals surface area contributed by atoms with Gasteiger partial charge in [0.15, 0.2) is 0 Å². The predicted octanol–water partition coefficient (Wildman–Crippen LogP) is 3.96. The van der Waals surface area contributed by atoms with Crippen LogP contribution in [-0.2, 0) is 5.88 Å². The number of benzene rings is 1. The molecule has 18 heavy (non-hydrogen) atoms. The van der Waals surface area contributed by atoms with Crippen molar-refractivity contribution in [2.75, 3.05) is 11.4 Å². The van der Waals surface area contributed by atoms with E-state index in [0.29, 0.717) is 11.9 Å². The van der Waals surface area contributed by atoms with E-state index >= 15 is 0 Å². The Hall–Kier alpha value is -1.28. The molecule has 3 heteroatoms. The first-order valence-electron chi connectivity index (χ1n) is 6.51. The minimum absolute atomic E-state index is 0.472. The van der Waals surface area contributed by atoms with Crippen LogP contribution in [0.3, 0.4) is 0 Å². The molecule has 1 saturated heterocycles. The number of alkyl halides is 1. The Bertz CT molecular complexity index is 567. The average Bonchev–Trinajstić information content (AvgIpc) is 2.83. The first-order chi connectivity index (χ1) is 8.79. The molecular formula is C15H17ClN2. The van der Waals surface area contributed by atoms with Crippen molar-refractivity contribution < 1.29 is 0 Å². The molecule has 1 atom stereocenters. The van der Waals surface area contributed by atoms with Gasteiger partial charge in [-0.15, -0.1) is 11.6 Å². The average molecular weight is 261 g/mol. The normalized spacial score (nSPS) is 19.7. The fourth-order valence-electron chi connectivity index (χ4n) is 2.81.